The van der Waals surface area contributed by atoms with Gasteiger partial charge < -0.3 is 14.8 Å². The van der Waals surface area contributed by atoms with Crippen LogP contribution in [0, 0.1) is 0 Å². The Morgan fingerprint density at radius 2 is 1.75 bits per heavy atom. The van der Waals surface area contributed by atoms with Gasteiger partial charge in [-0.2, -0.15) is 0 Å². The minimum Gasteiger partial charge on any atom is -0.456 e. The van der Waals surface area contributed by atoms with Gasteiger partial charge in [-0.25, -0.2) is 14.6 Å². The van der Waals surface area contributed by atoms with Crippen molar-refractivity contribution in [2.75, 3.05) is 11.9 Å². The standard InChI is InChI=1S/C20H29N3O5/c1-19(2,3)27-17(25)13-9-7-11-21-15(13)22-16(24)14-10-8-12-23(14)18(26)28-20(4,5)6/h7,9,11,14H,8,10,12H2,1-6H3,(H,21,22,24)/t14-/m0/s1. The molecule has 1 atom stereocenters. The largest absolute Gasteiger partial charge is 0.456 e. The maximum Gasteiger partial charge on any atom is 0.410 e. The maximum absolute atomic E-state index is 12.8. The first kappa shape index (κ1) is 21.7. The van der Waals surface area contributed by atoms with E-state index in [1.165, 1.54) is 17.2 Å². The Morgan fingerprint density at radius 1 is 1.11 bits per heavy atom. The average Bonchev–Trinajstić information content (AvgIpc) is 3.02. The van der Waals surface area contributed by atoms with E-state index in [9.17, 15) is 14.4 Å². The Kier molecular flexibility index (Phi) is 6.31. The number of anilines is 1. The molecule has 0 spiro atoms. The number of hydrogen-bond acceptors (Lipinski definition) is 6. The van der Waals surface area contributed by atoms with Crippen molar-refractivity contribution in [3.63, 3.8) is 0 Å². The summed E-state index contributed by atoms with van der Waals surface area (Å²) in [7, 11) is 0. The van der Waals surface area contributed by atoms with Crippen LogP contribution in [0.3, 0.4) is 0 Å². The van der Waals surface area contributed by atoms with E-state index in [-0.39, 0.29) is 11.4 Å². The normalized spacial score (nSPS) is 17.2. The molecule has 0 radical (unpaired) electrons. The summed E-state index contributed by atoms with van der Waals surface area (Å²) in [5, 5.41) is 2.67. The SMILES string of the molecule is CC(C)(C)OC(=O)c1cccnc1NC(=O)[C@@H]1CCCN1C(=O)OC(C)(C)C. The first-order chi connectivity index (χ1) is 12.9. The number of carbonyl (C=O) groups excluding carboxylic acids is 3. The van der Waals surface area contributed by atoms with Crippen LogP contribution in [0.15, 0.2) is 18.3 Å². The predicted octanol–water partition coefficient (Wildman–Crippen LogP) is 3.37. The molecule has 0 aromatic carbocycles. The number of esters is 1. The highest BCUT2D eigenvalue weighted by atomic mass is 16.6. The number of aromatic nitrogens is 1. The molecule has 1 aromatic heterocycles. The fourth-order valence-corrected chi connectivity index (χ4v) is 2.78. The van der Waals surface area contributed by atoms with Crippen molar-refractivity contribution >= 4 is 23.8 Å². The molecule has 2 rings (SSSR count). The minimum absolute atomic E-state index is 0.109. The van der Waals surface area contributed by atoms with Gasteiger partial charge in [0.05, 0.1) is 0 Å². The van der Waals surface area contributed by atoms with Crippen LogP contribution in [0.2, 0.25) is 0 Å². The number of amides is 2. The summed E-state index contributed by atoms with van der Waals surface area (Å²) in [4.78, 5) is 43.1. The van der Waals surface area contributed by atoms with Gasteiger partial charge in [-0.1, -0.05) is 0 Å². The van der Waals surface area contributed by atoms with Crippen LogP contribution in [-0.2, 0) is 14.3 Å². The van der Waals surface area contributed by atoms with E-state index >= 15 is 0 Å². The topological polar surface area (TPSA) is 97.8 Å². The molecule has 154 valence electrons. The number of carbonyl (C=O) groups is 3. The van der Waals surface area contributed by atoms with Crippen molar-refractivity contribution in [3.8, 4) is 0 Å². The number of hydrogen-bond donors (Lipinski definition) is 1. The molecular formula is C20H29N3O5. The van der Waals surface area contributed by atoms with Gasteiger partial charge in [0.2, 0.25) is 5.91 Å². The second-order valence-corrected chi connectivity index (χ2v) is 8.72. The van der Waals surface area contributed by atoms with Gasteiger partial charge in [-0.15, -0.1) is 0 Å². The molecular weight excluding hydrogens is 362 g/mol. The smallest absolute Gasteiger partial charge is 0.410 e. The van der Waals surface area contributed by atoms with Gasteiger partial charge in [0.15, 0.2) is 0 Å². The zero-order valence-corrected chi connectivity index (χ0v) is 17.4. The molecule has 1 aliphatic rings. The second kappa shape index (κ2) is 8.16. The lowest BCUT2D eigenvalue weighted by Crippen LogP contribution is -2.45. The van der Waals surface area contributed by atoms with Gasteiger partial charge in [-0.3, -0.25) is 9.69 Å². The van der Waals surface area contributed by atoms with Crippen LogP contribution in [0.1, 0.15) is 64.7 Å². The molecule has 28 heavy (non-hydrogen) atoms. The zero-order chi connectivity index (χ0) is 21.1. The number of likely N-dealkylation sites (tertiary alicyclic amines) is 1. The zero-order valence-electron chi connectivity index (χ0n) is 17.4. The molecule has 1 saturated heterocycles. The van der Waals surface area contributed by atoms with Crippen molar-refractivity contribution in [2.24, 2.45) is 0 Å². The molecule has 0 bridgehead atoms. The van der Waals surface area contributed by atoms with Gasteiger partial charge >= 0.3 is 12.1 Å². The molecule has 0 unspecified atom stereocenters. The van der Waals surface area contributed by atoms with E-state index in [2.05, 4.69) is 10.3 Å². The number of rotatable bonds is 3. The van der Waals surface area contributed by atoms with Gasteiger partial charge in [0.25, 0.3) is 0 Å². The van der Waals surface area contributed by atoms with E-state index in [0.717, 1.165) is 0 Å². The lowest BCUT2D eigenvalue weighted by molar-refractivity contribution is -0.120. The third kappa shape index (κ3) is 5.94. The van der Waals surface area contributed by atoms with Crippen LogP contribution in [0.25, 0.3) is 0 Å². The highest BCUT2D eigenvalue weighted by Crippen LogP contribution is 2.23. The Balaban J connectivity index is 2.14. The average molecular weight is 391 g/mol. The van der Waals surface area contributed by atoms with Crippen molar-refractivity contribution < 1.29 is 23.9 Å². The van der Waals surface area contributed by atoms with E-state index in [1.54, 1.807) is 47.6 Å². The fourth-order valence-electron chi connectivity index (χ4n) is 2.78. The lowest BCUT2D eigenvalue weighted by Gasteiger charge is -2.28. The molecule has 1 aliphatic heterocycles. The first-order valence-electron chi connectivity index (χ1n) is 9.36. The third-order valence-corrected chi connectivity index (χ3v) is 3.85. The second-order valence-electron chi connectivity index (χ2n) is 8.72. The van der Waals surface area contributed by atoms with E-state index in [4.69, 9.17) is 9.47 Å². The molecule has 8 heteroatoms. The van der Waals surface area contributed by atoms with Crippen LogP contribution in [0.4, 0.5) is 10.6 Å². The van der Waals surface area contributed by atoms with Crippen LogP contribution < -0.4 is 5.32 Å². The quantitative estimate of drug-likeness (QED) is 0.793. The lowest BCUT2D eigenvalue weighted by atomic mass is 10.1. The summed E-state index contributed by atoms with van der Waals surface area (Å²) in [6, 6.07) is 2.46. The highest BCUT2D eigenvalue weighted by Gasteiger charge is 2.37. The first-order valence-corrected chi connectivity index (χ1v) is 9.36. The number of nitrogens with zero attached hydrogens (tertiary/aromatic N) is 2. The van der Waals surface area contributed by atoms with Gasteiger partial charge in [0, 0.05) is 12.7 Å². The van der Waals surface area contributed by atoms with E-state index < -0.39 is 35.2 Å². The summed E-state index contributed by atoms with van der Waals surface area (Å²) in [5.41, 5.74) is -1.16. The molecule has 1 fully saturated rings. The molecule has 0 aliphatic carbocycles. The summed E-state index contributed by atoms with van der Waals surface area (Å²) in [6.45, 7) is 11.0. The molecule has 2 amide bonds. The molecule has 1 N–H and O–H groups in total. The van der Waals surface area contributed by atoms with Crippen molar-refractivity contribution in [1.82, 2.24) is 9.88 Å². The minimum atomic E-state index is -0.677. The highest BCUT2D eigenvalue weighted by molar-refractivity contribution is 6.02. The molecule has 8 nitrogen and oxygen atoms in total. The van der Waals surface area contributed by atoms with Gasteiger partial charge in [0.1, 0.15) is 28.6 Å². The Bertz CT molecular complexity index is 749. The van der Waals surface area contributed by atoms with E-state index in [1.807, 2.05) is 0 Å². The summed E-state index contributed by atoms with van der Waals surface area (Å²) in [6.07, 6.45) is 2.15. The van der Waals surface area contributed by atoms with Crippen molar-refractivity contribution in [2.45, 2.75) is 71.6 Å². The number of nitrogens with one attached hydrogen (secondary N) is 1. The fraction of sp³-hybridized carbons (Fsp3) is 0.600. The van der Waals surface area contributed by atoms with Gasteiger partial charge in [-0.05, 0) is 66.5 Å². The maximum atomic E-state index is 12.8. The number of ether oxygens (including phenoxy) is 2. The molecule has 2 heterocycles. The molecule has 0 saturated carbocycles. The van der Waals surface area contributed by atoms with Crippen molar-refractivity contribution in [1.29, 1.82) is 0 Å². The Morgan fingerprint density at radius 3 is 2.36 bits per heavy atom. The monoisotopic (exact) mass is 391 g/mol. The Hall–Kier alpha value is -2.64. The summed E-state index contributed by atoms with van der Waals surface area (Å²) in [5.74, 6) is -0.879. The Labute approximate surface area is 165 Å². The summed E-state index contributed by atoms with van der Waals surface area (Å²) < 4.78 is 10.8. The van der Waals surface area contributed by atoms with Crippen LogP contribution in [0.5, 0.6) is 0 Å². The summed E-state index contributed by atoms with van der Waals surface area (Å²) >= 11 is 0. The third-order valence-electron chi connectivity index (χ3n) is 3.85. The van der Waals surface area contributed by atoms with Crippen LogP contribution >= 0.6 is 0 Å². The predicted molar refractivity (Wildman–Crippen MR) is 104 cm³/mol. The molecule has 1 aromatic rings. The number of pyridine rings is 1. The van der Waals surface area contributed by atoms with Crippen molar-refractivity contribution in [3.05, 3.63) is 23.9 Å². The van der Waals surface area contributed by atoms with E-state index in [0.29, 0.717) is 19.4 Å². The van der Waals surface area contributed by atoms with Crippen LogP contribution in [-0.4, -0.2) is 51.6 Å².